The fourth-order valence-corrected chi connectivity index (χ4v) is 10.7. The number of amides is 1. The number of hydrogen-bond acceptors (Lipinski definition) is 4. The van der Waals surface area contributed by atoms with Crippen molar-refractivity contribution in [2.24, 2.45) is 62.4 Å². The van der Waals surface area contributed by atoms with Crippen LogP contribution in [0.2, 0.25) is 0 Å². The molecule has 218 valence electrons. The summed E-state index contributed by atoms with van der Waals surface area (Å²) in [6.45, 7) is 15.7. The molecule has 0 bridgehead atoms. The fourth-order valence-electron chi connectivity index (χ4n) is 10.7. The highest BCUT2D eigenvalue weighted by Crippen LogP contribution is 2.70. The third kappa shape index (κ3) is 4.53. The van der Waals surface area contributed by atoms with E-state index in [4.69, 9.17) is 10.5 Å². The number of nitrogens with two attached hydrogens (primary N) is 1. The highest BCUT2D eigenvalue weighted by atomic mass is 16.5. The number of primary amides is 1. The minimum Gasteiger partial charge on any atom is -0.462 e. The van der Waals surface area contributed by atoms with Crippen molar-refractivity contribution in [2.45, 2.75) is 125 Å². The maximum Gasteiger partial charge on any atom is 0.307 e. The third-order valence-electron chi connectivity index (χ3n) is 13.1. The number of aldehydes is 1. The Hall–Kier alpha value is -1.65. The van der Waals surface area contributed by atoms with Crippen LogP contribution < -0.4 is 5.73 Å². The van der Waals surface area contributed by atoms with Crippen molar-refractivity contribution >= 4 is 18.2 Å². The number of fused-ring (bicyclic) bond motifs is 7. The fraction of sp³-hybridized carbons (Fsp3) is 0.853. The summed E-state index contributed by atoms with van der Waals surface area (Å²) < 4.78 is 6.04. The number of rotatable bonds is 5. The van der Waals surface area contributed by atoms with E-state index in [0.717, 1.165) is 57.7 Å². The van der Waals surface area contributed by atoms with E-state index in [-0.39, 0.29) is 46.1 Å². The van der Waals surface area contributed by atoms with Gasteiger partial charge in [-0.05, 0) is 110 Å². The Balaban J connectivity index is 1.39. The van der Waals surface area contributed by atoms with Gasteiger partial charge in [0.2, 0.25) is 5.91 Å². The van der Waals surface area contributed by atoms with E-state index in [1.54, 1.807) is 19.4 Å². The van der Waals surface area contributed by atoms with Gasteiger partial charge in [0.1, 0.15) is 12.4 Å². The standard InChI is InChI=1S/C34H53NO4/c1-21-23-10-13-33(7)24-11-15-34(29(35)38)17-16-30(2,3)18-25(34)22(24)8-9-27(33)32(23,6)14-12-26(21)39-28(37)19-31(4,5)20-36/h8,20-21,23-27H,9-19H2,1-7H3,(H2,35,38). The summed E-state index contributed by atoms with van der Waals surface area (Å²) in [6, 6.07) is 0. The van der Waals surface area contributed by atoms with Gasteiger partial charge in [-0.15, -0.1) is 0 Å². The van der Waals surface area contributed by atoms with E-state index in [0.29, 0.717) is 29.6 Å². The molecular weight excluding hydrogens is 486 g/mol. The molecule has 0 saturated heterocycles. The molecule has 0 heterocycles. The van der Waals surface area contributed by atoms with Crippen LogP contribution in [-0.2, 0) is 19.1 Å². The monoisotopic (exact) mass is 539 g/mol. The molecule has 5 aliphatic rings. The van der Waals surface area contributed by atoms with Crippen LogP contribution in [0.15, 0.2) is 11.6 Å². The molecule has 0 aromatic rings. The van der Waals surface area contributed by atoms with Gasteiger partial charge in [-0.25, -0.2) is 0 Å². The first-order valence-electron chi connectivity index (χ1n) is 15.7. The van der Waals surface area contributed by atoms with Gasteiger partial charge < -0.3 is 15.3 Å². The summed E-state index contributed by atoms with van der Waals surface area (Å²) in [4.78, 5) is 37.0. The van der Waals surface area contributed by atoms with Crippen LogP contribution in [0, 0.1) is 56.7 Å². The van der Waals surface area contributed by atoms with Crippen LogP contribution in [-0.4, -0.2) is 24.3 Å². The average Bonchev–Trinajstić information content (AvgIpc) is 2.84. The molecule has 39 heavy (non-hydrogen) atoms. The Morgan fingerprint density at radius 2 is 1.69 bits per heavy atom. The molecule has 5 heteroatoms. The van der Waals surface area contributed by atoms with Crippen LogP contribution in [0.1, 0.15) is 119 Å². The molecule has 4 fully saturated rings. The SMILES string of the molecule is CC1C(OC(=O)CC(C)(C)C=O)CCC2(C)C1CCC1(C)C3CCC4(C(N)=O)CCC(C)(C)CC4C3=CCC12. The maximum atomic E-state index is 13.0. The minimum absolute atomic E-state index is 0.0626. The molecule has 5 rings (SSSR count). The molecule has 4 saturated carbocycles. The summed E-state index contributed by atoms with van der Waals surface area (Å²) >= 11 is 0. The highest BCUT2D eigenvalue weighted by Gasteiger charge is 2.64. The largest absolute Gasteiger partial charge is 0.462 e. The Morgan fingerprint density at radius 3 is 2.36 bits per heavy atom. The molecule has 0 aliphatic heterocycles. The summed E-state index contributed by atoms with van der Waals surface area (Å²) in [7, 11) is 0. The number of esters is 1. The van der Waals surface area contributed by atoms with Crippen molar-refractivity contribution in [1.29, 1.82) is 0 Å². The quantitative estimate of drug-likeness (QED) is 0.231. The van der Waals surface area contributed by atoms with Crippen molar-refractivity contribution in [3.05, 3.63) is 11.6 Å². The molecule has 0 aromatic heterocycles. The Kier molecular flexibility index (Phi) is 6.99. The summed E-state index contributed by atoms with van der Waals surface area (Å²) in [5.74, 6) is 1.97. The minimum atomic E-state index is -0.679. The van der Waals surface area contributed by atoms with Gasteiger partial charge in [0, 0.05) is 5.41 Å². The lowest BCUT2D eigenvalue weighted by Crippen LogP contribution is -2.61. The highest BCUT2D eigenvalue weighted by molar-refractivity contribution is 5.82. The number of carbonyl (C=O) groups is 3. The zero-order valence-electron chi connectivity index (χ0n) is 25.6. The van der Waals surface area contributed by atoms with Crippen molar-refractivity contribution in [2.75, 3.05) is 0 Å². The van der Waals surface area contributed by atoms with Crippen LogP contribution in [0.3, 0.4) is 0 Å². The lowest BCUT2D eigenvalue weighted by atomic mass is 9.38. The van der Waals surface area contributed by atoms with Crippen LogP contribution >= 0.6 is 0 Å². The van der Waals surface area contributed by atoms with Gasteiger partial charge in [0.25, 0.3) is 0 Å². The van der Waals surface area contributed by atoms with E-state index in [1.807, 2.05) is 0 Å². The molecule has 2 N–H and O–H groups in total. The zero-order chi connectivity index (χ0) is 28.6. The second kappa shape index (κ2) is 9.44. The van der Waals surface area contributed by atoms with E-state index >= 15 is 0 Å². The van der Waals surface area contributed by atoms with E-state index in [1.165, 1.54) is 12.8 Å². The van der Waals surface area contributed by atoms with Gasteiger partial charge in [-0.1, -0.05) is 60.1 Å². The van der Waals surface area contributed by atoms with Crippen LogP contribution in [0.5, 0.6) is 0 Å². The topological polar surface area (TPSA) is 86.5 Å². The number of allylic oxidation sites excluding steroid dienone is 2. The molecule has 0 radical (unpaired) electrons. The molecular formula is C34H53NO4. The maximum absolute atomic E-state index is 13.0. The van der Waals surface area contributed by atoms with Crippen molar-refractivity contribution in [1.82, 2.24) is 0 Å². The lowest BCUT2D eigenvalue weighted by molar-refractivity contribution is -0.180. The van der Waals surface area contributed by atoms with E-state index in [2.05, 4.69) is 40.7 Å². The molecule has 1 amide bonds. The Morgan fingerprint density at radius 1 is 1.00 bits per heavy atom. The first-order chi connectivity index (χ1) is 18.1. The number of hydrogen-bond donors (Lipinski definition) is 1. The predicted molar refractivity (Wildman–Crippen MR) is 153 cm³/mol. The van der Waals surface area contributed by atoms with Crippen molar-refractivity contribution in [3.63, 3.8) is 0 Å². The number of ether oxygens (including phenoxy) is 1. The molecule has 5 aliphatic carbocycles. The molecule has 9 unspecified atom stereocenters. The molecule has 9 atom stereocenters. The second-order valence-electron chi connectivity index (χ2n) is 16.4. The third-order valence-corrected chi connectivity index (χ3v) is 13.1. The smallest absolute Gasteiger partial charge is 0.307 e. The van der Waals surface area contributed by atoms with Gasteiger partial charge in [0.05, 0.1) is 11.8 Å². The molecule has 5 nitrogen and oxygen atoms in total. The number of carbonyl (C=O) groups excluding carboxylic acids is 3. The van der Waals surface area contributed by atoms with Crippen LogP contribution in [0.4, 0.5) is 0 Å². The lowest BCUT2D eigenvalue weighted by Gasteiger charge is -2.66. The van der Waals surface area contributed by atoms with Gasteiger partial charge in [-0.2, -0.15) is 0 Å². The zero-order valence-corrected chi connectivity index (χ0v) is 25.6. The molecule has 0 aromatic carbocycles. The normalized spacial score (nSPS) is 44.9. The second-order valence-corrected chi connectivity index (χ2v) is 16.4. The summed E-state index contributed by atoms with van der Waals surface area (Å²) in [5.41, 5.74) is 7.42. The summed E-state index contributed by atoms with van der Waals surface area (Å²) in [6.07, 6.45) is 14.1. The molecule has 0 spiro atoms. The predicted octanol–water partition coefficient (Wildman–Crippen LogP) is 7.02. The average molecular weight is 540 g/mol. The van der Waals surface area contributed by atoms with E-state index in [9.17, 15) is 14.4 Å². The van der Waals surface area contributed by atoms with Crippen molar-refractivity contribution in [3.8, 4) is 0 Å². The van der Waals surface area contributed by atoms with Gasteiger partial charge >= 0.3 is 5.97 Å². The van der Waals surface area contributed by atoms with Gasteiger partial charge in [-0.3, -0.25) is 9.59 Å². The first-order valence-corrected chi connectivity index (χ1v) is 15.7. The first kappa shape index (κ1) is 28.9. The Labute approximate surface area is 236 Å². The van der Waals surface area contributed by atoms with E-state index < -0.39 is 5.41 Å². The Bertz CT molecular complexity index is 1060. The van der Waals surface area contributed by atoms with Crippen LogP contribution in [0.25, 0.3) is 0 Å². The summed E-state index contributed by atoms with van der Waals surface area (Å²) in [5, 5.41) is 0. The van der Waals surface area contributed by atoms with Crippen molar-refractivity contribution < 1.29 is 19.1 Å². The van der Waals surface area contributed by atoms with Gasteiger partial charge in [0.15, 0.2) is 0 Å².